The Hall–Kier alpha value is -1.36. The fourth-order valence-corrected chi connectivity index (χ4v) is 2.20. The van der Waals surface area contributed by atoms with Gasteiger partial charge < -0.3 is 14.7 Å². The molecular formula is C12H19N3O2. The molecule has 1 aromatic heterocycles. The number of aromatic nitrogens is 1. The van der Waals surface area contributed by atoms with Gasteiger partial charge in [-0.15, -0.1) is 0 Å². The summed E-state index contributed by atoms with van der Waals surface area (Å²) >= 11 is 0. The Labute approximate surface area is 101 Å². The number of carbonyl (C=O) groups is 1. The van der Waals surface area contributed by atoms with Crippen molar-refractivity contribution in [2.24, 2.45) is 0 Å². The average Bonchev–Trinajstić information content (AvgIpc) is 2.93. The number of hydrogen-bond acceptors (Lipinski definition) is 4. The van der Waals surface area contributed by atoms with Gasteiger partial charge in [0.1, 0.15) is 5.76 Å². The molecule has 1 atom stereocenters. The first-order chi connectivity index (χ1) is 8.09. The van der Waals surface area contributed by atoms with Crippen molar-refractivity contribution in [3.8, 4) is 0 Å². The van der Waals surface area contributed by atoms with Gasteiger partial charge in [-0.3, -0.25) is 4.79 Å². The van der Waals surface area contributed by atoms with Crippen molar-refractivity contribution in [1.82, 2.24) is 15.4 Å². The normalized spacial score (nSPS) is 19.6. The van der Waals surface area contributed by atoms with Gasteiger partial charge in [0.25, 0.3) is 0 Å². The number of aryl methyl sites for hydroxylation is 2. The molecule has 0 bridgehead atoms. The molecule has 5 heteroatoms. The number of nitrogens with zero attached hydrogens (tertiary/aromatic N) is 2. The number of hydrogen-bond donors (Lipinski definition) is 1. The largest absolute Gasteiger partial charge is 0.361 e. The van der Waals surface area contributed by atoms with Crippen molar-refractivity contribution >= 4 is 5.91 Å². The molecule has 1 amide bonds. The Balaban J connectivity index is 2.01. The number of carbonyl (C=O) groups excluding carboxylic acids is 1. The predicted molar refractivity (Wildman–Crippen MR) is 63.7 cm³/mol. The molecule has 0 spiro atoms. The second kappa shape index (κ2) is 4.87. The van der Waals surface area contributed by atoms with Gasteiger partial charge in [-0.05, 0) is 26.8 Å². The van der Waals surface area contributed by atoms with Gasteiger partial charge >= 0.3 is 0 Å². The third kappa shape index (κ3) is 2.49. The van der Waals surface area contributed by atoms with Crippen LogP contribution in [0.15, 0.2) is 4.52 Å². The highest BCUT2D eigenvalue weighted by atomic mass is 16.5. The predicted octanol–water partition coefficient (Wildman–Crippen LogP) is 0.654. The molecule has 1 N–H and O–H groups in total. The van der Waals surface area contributed by atoms with E-state index in [1.54, 1.807) is 0 Å². The van der Waals surface area contributed by atoms with Crippen LogP contribution in [0, 0.1) is 13.8 Å². The summed E-state index contributed by atoms with van der Waals surface area (Å²) in [7, 11) is 1.87. The molecule has 17 heavy (non-hydrogen) atoms. The molecule has 1 aliphatic rings. The Morgan fingerprint density at radius 2 is 2.35 bits per heavy atom. The quantitative estimate of drug-likeness (QED) is 0.838. The maximum absolute atomic E-state index is 12.1. The van der Waals surface area contributed by atoms with Gasteiger partial charge in [-0.25, -0.2) is 0 Å². The highest BCUT2D eigenvalue weighted by Crippen LogP contribution is 2.15. The molecule has 1 aliphatic heterocycles. The van der Waals surface area contributed by atoms with E-state index in [0.717, 1.165) is 36.5 Å². The topological polar surface area (TPSA) is 58.4 Å². The van der Waals surface area contributed by atoms with Crippen LogP contribution in [0.25, 0.3) is 0 Å². The van der Waals surface area contributed by atoms with Crippen LogP contribution in [0.1, 0.15) is 23.4 Å². The number of amides is 1. The first kappa shape index (κ1) is 12.1. The lowest BCUT2D eigenvalue weighted by Gasteiger charge is -2.23. The van der Waals surface area contributed by atoms with Crippen molar-refractivity contribution in [2.75, 3.05) is 20.1 Å². The van der Waals surface area contributed by atoms with Crippen molar-refractivity contribution in [2.45, 2.75) is 32.7 Å². The van der Waals surface area contributed by atoms with Gasteiger partial charge in [-0.2, -0.15) is 0 Å². The fourth-order valence-electron chi connectivity index (χ4n) is 2.20. The molecule has 1 saturated heterocycles. The minimum atomic E-state index is 0.133. The molecule has 1 aromatic rings. The van der Waals surface area contributed by atoms with Crippen LogP contribution in [0.3, 0.4) is 0 Å². The molecule has 0 aliphatic carbocycles. The summed E-state index contributed by atoms with van der Waals surface area (Å²) in [5.41, 5.74) is 1.74. The zero-order valence-electron chi connectivity index (χ0n) is 10.6. The molecule has 94 valence electrons. The summed E-state index contributed by atoms with van der Waals surface area (Å²) in [4.78, 5) is 14.0. The standard InChI is InChI=1S/C12H19N3O2/c1-8-11(9(2)17-14-8)6-12(16)15(3)10-4-5-13-7-10/h10,13H,4-7H2,1-3H3. The van der Waals surface area contributed by atoms with Crippen LogP contribution in [0.2, 0.25) is 0 Å². The number of nitrogens with one attached hydrogen (secondary N) is 1. The molecule has 0 aromatic carbocycles. The van der Waals surface area contributed by atoms with E-state index in [1.807, 2.05) is 25.8 Å². The van der Waals surface area contributed by atoms with Gasteiger partial charge in [-0.1, -0.05) is 5.16 Å². The van der Waals surface area contributed by atoms with Crippen LogP contribution in [0.5, 0.6) is 0 Å². The van der Waals surface area contributed by atoms with Gasteiger partial charge in [0.2, 0.25) is 5.91 Å². The average molecular weight is 237 g/mol. The lowest BCUT2D eigenvalue weighted by atomic mass is 10.1. The molecule has 1 unspecified atom stereocenters. The molecule has 0 radical (unpaired) electrons. The summed E-state index contributed by atoms with van der Waals surface area (Å²) in [5, 5.41) is 7.13. The summed E-state index contributed by atoms with van der Waals surface area (Å²) in [6.07, 6.45) is 1.41. The fraction of sp³-hybridized carbons (Fsp3) is 0.667. The second-order valence-corrected chi connectivity index (χ2v) is 4.63. The van der Waals surface area contributed by atoms with Crippen LogP contribution in [-0.4, -0.2) is 42.1 Å². The van der Waals surface area contributed by atoms with E-state index in [0.29, 0.717) is 12.5 Å². The van der Waals surface area contributed by atoms with Crippen LogP contribution >= 0.6 is 0 Å². The molecule has 1 fully saturated rings. The van der Waals surface area contributed by atoms with E-state index in [4.69, 9.17) is 4.52 Å². The molecule has 0 saturated carbocycles. The van der Waals surface area contributed by atoms with Crippen molar-refractivity contribution in [3.63, 3.8) is 0 Å². The van der Waals surface area contributed by atoms with E-state index < -0.39 is 0 Å². The Kier molecular flexibility index (Phi) is 3.47. The van der Waals surface area contributed by atoms with Crippen molar-refractivity contribution in [3.05, 3.63) is 17.0 Å². The molecule has 2 rings (SSSR count). The van der Waals surface area contributed by atoms with Crippen LogP contribution in [0.4, 0.5) is 0 Å². The summed E-state index contributed by atoms with van der Waals surface area (Å²) in [6.45, 7) is 5.60. The Morgan fingerprint density at radius 1 is 1.59 bits per heavy atom. The second-order valence-electron chi connectivity index (χ2n) is 4.63. The van der Waals surface area contributed by atoms with Crippen molar-refractivity contribution < 1.29 is 9.32 Å². The zero-order chi connectivity index (χ0) is 12.4. The lowest BCUT2D eigenvalue weighted by Crippen LogP contribution is -2.39. The SMILES string of the molecule is Cc1noc(C)c1CC(=O)N(C)C1CCNC1. The molecular weight excluding hydrogens is 218 g/mol. The molecule has 5 nitrogen and oxygen atoms in total. The van der Waals surface area contributed by atoms with E-state index in [1.165, 1.54) is 0 Å². The third-order valence-corrected chi connectivity index (χ3v) is 3.48. The minimum Gasteiger partial charge on any atom is -0.361 e. The molecule has 2 heterocycles. The third-order valence-electron chi connectivity index (χ3n) is 3.48. The van der Waals surface area contributed by atoms with E-state index in [2.05, 4.69) is 10.5 Å². The van der Waals surface area contributed by atoms with Crippen LogP contribution < -0.4 is 5.32 Å². The lowest BCUT2D eigenvalue weighted by molar-refractivity contribution is -0.130. The van der Waals surface area contributed by atoms with E-state index in [9.17, 15) is 4.79 Å². The summed E-state index contributed by atoms with van der Waals surface area (Å²) in [6, 6.07) is 0.322. The van der Waals surface area contributed by atoms with E-state index >= 15 is 0 Å². The maximum Gasteiger partial charge on any atom is 0.227 e. The summed E-state index contributed by atoms with van der Waals surface area (Å²) in [5.74, 6) is 0.877. The first-order valence-corrected chi connectivity index (χ1v) is 5.97. The smallest absolute Gasteiger partial charge is 0.227 e. The van der Waals surface area contributed by atoms with Gasteiger partial charge in [0.15, 0.2) is 0 Å². The van der Waals surface area contributed by atoms with Crippen molar-refractivity contribution in [1.29, 1.82) is 0 Å². The number of likely N-dealkylation sites (N-methyl/N-ethyl adjacent to an activating group) is 1. The highest BCUT2D eigenvalue weighted by Gasteiger charge is 2.24. The highest BCUT2D eigenvalue weighted by molar-refractivity contribution is 5.79. The first-order valence-electron chi connectivity index (χ1n) is 5.97. The Bertz CT molecular complexity index is 388. The van der Waals surface area contributed by atoms with Gasteiger partial charge in [0, 0.05) is 25.2 Å². The van der Waals surface area contributed by atoms with Crippen LogP contribution in [-0.2, 0) is 11.2 Å². The Morgan fingerprint density at radius 3 is 2.88 bits per heavy atom. The van der Waals surface area contributed by atoms with E-state index in [-0.39, 0.29) is 5.91 Å². The number of rotatable bonds is 3. The maximum atomic E-state index is 12.1. The summed E-state index contributed by atoms with van der Waals surface area (Å²) < 4.78 is 5.07. The van der Waals surface area contributed by atoms with Gasteiger partial charge in [0.05, 0.1) is 12.1 Å². The monoisotopic (exact) mass is 237 g/mol. The minimum absolute atomic E-state index is 0.133. The zero-order valence-corrected chi connectivity index (χ0v) is 10.6.